The highest BCUT2D eigenvalue weighted by molar-refractivity contribution is 5.80. The molecule has 0 bridgehead atoms. The number of hydrogen-bond acceptors (Lipinski definition) is 4. The zero-order valence-electron chi connectivity index (χ0n) is 13.8. The molecule has 1 saturated carbocycles. The van der Waals surface area contributed by atoms with Crippen LogP contribution in [0, 0.1) is 5.92 Å². The number of benzene rings is 1. The molecule has 3 rings (SSSR count). The second-order valence-electron chi connectivity index (χ2n) is 6.58. The number of ether oxygens (including phenoxy) is 1. The highest BCUT2D eigenvalue weighted by Gasteiger charge is 2.22. The van der Waals surface area contributed by atoms with E-state index in [0.29, 0.717) is 16.7 Å². The standard InChI is InChI=1S/C18H22N2O4/c1-12-5-4-6-13(11-12)24-16(21)9-10-20-18(23)15-8-3-2-7-14(15)17(22)19-20/h2-3,7-8,12-13H,4-6,9-11H2,1H3,(H,19,22). The van der Waals surface area contributed by atoms with E-state index in [9.17, 15) is 14.4 Å². The topological polar surface area (TPSA) is 81.2 Å². The van der Waals surface area contributed by atoms with Gasteiger partial charge in [-0.25, -0.2) is 4.68 Å². The summed E-state index contributed by atoms with van der Waals surface area (Å²) in [7, 11) is 0. The third-order valence-electron chi connectivity index (χ3n) is 4.61. The van der Waals surface area contributed by atoms with Crippen molar-refractivity contribution < 1.29 is 9.53 Å². The van der Waals surface area contributed by atoms with Gasteiger partial charge < -0.3 is 4.74 Å². The van der Waals surface area contributed by atoms with Gasteiger partial charge >= 0.3 is 5.97 Å². The molecule has 2 unspecified atom stereocenters. The molecule has 0 radical (unpaired) electrons. The van der Waals surface area contributed by atoms with Gasteiger partial charge in [0.2, 0.25) is 0 Å². The second kappa shape index (κ2) is 7.03. The van der Waals surface area contributed by atoms with Gasteiger partial charge in [0.25, 0.3) is 11.1 Å². The first-order valence-electron chi connectivity index (χ1n) is 8.46. The van der Waals surface area contributed by atoms with Gasteiger partial charge in [-0.05, 0) is 37.3 Å². The van der Waals surface area contributed by atoms with E-state index in [2.05, 4.69) is 12.0 Å². The summed E-state index contributed by atoms with van der Waals surface area (Å²) in [5.41, 5.74) is -0.635. The summed E-state index contributed by atoms with van der Waals surface area (Å²) in [5.74, 6) is 0.256. The average molecular weight is 330 g/mol. The molecule has 0 saturated heterocycles. The van der Waals surface area contributed by atoms with Crippen LogP contribution in [0.1, 0.15) is 39.0 Å². The first-order valence-corrected chi connectivity index (χ1v) is 8.46. The van der Waals surface area contributed by atoms with Gasteiger partial charge in [0.15, 0.2) is 0 Å². The number of carbonyl (C=O) groups is 1. The van der Waals surface area contributed by atoms with E-state index in [0.717, 1.165) is 19.3 Å². The second-order valence-corrected chi connectivity index (χ2v) is 6.58. The van der Waals surface area contributed by atoms with Crippen LogP contribution in [0.4, 0.5) is 0 Å². The number of nitrogens with zero attached hydrogens (tertiary/aromatic N) is 1. The Morgan fingerprint density at radius 2 is 2.00 bits per heavy atom. The maximum Gasteiger partial charge on any atom is 0.307 e. The van der Waals surface area contributed by atoms with Gasteiger partial charge in [-0.1, -0.05) is 25.5 Å². The first-order chi connectivity index (χ1) is 11.5. The molecule has 2 atom stereocenters. The summed E-state index contributed by atoms with van der Waals surface area (Å²) < 4.78 is 6.68. The minimum atomic E-state index is -0.334. The Kier molecular flexibility index (Phi) is 4.83. The lowest BCUT2D eigenvalue weighted by Gasteiger charge is -2.26. The van der Waals surface area contributed by atoms with Crippen LogP contribution in [0.3, 0.4) is 0 Å². The van der Waals surface area contributed by atoms with Crippen molar-refractivity contribution in [3.05, 3.63) is 45.0 Å². The number of carbonyl (C=O) groups excluding carboxylic acids is 1. The lowest BCUT2D eigenvalue weighted by Crippen LogP contribution is -2.31. The molecule has 128 valence electrons. The van der Waals surface area contributed by atoms with Crippen molar-refractivity contribution in [2.24, 2.45) is 5.92 Å². The van der Waals surface area contributed by atoms with Crippen molar-refractivity contribution in [1.29, 1.82) is 0 Å². The maximum absolute atomic E-state index is 12.4. The minimum absolute atomic E-state index is 0.0198. The Morgan fingerprint density at radius 3 is 2.75 bits per heavy atom. The average Bonchev–Trinajstić information content (AvgIpc) is 2.57. The zero-order valence-corrected chi connectivity index (χ0v) is 13.8. The quantitative estimate of drug-likeness (QED) is 0.872. The lowest BCUT2D eigenvalue weighted by molar-refractivity contribution is -0.151. The molecular weight excluding hydrogens is 308 g/mol. The lowest BCUT2D eigenvalue weighted by atomic mass is 9.89. The number of aromatic amines is 1. The molecule has 1 aliphatic carbocycles. The van der Waals surface area contributed by atoms with Crippen LogP contribution in [0.15, 0.2) is 33.9 Å². The van der Waals surface area contributed by atoms with E-state index in [4.69, 9.17) is 4.74 Å². The molecule has 2 aromatic rings. The van der Waals surface area contributed by atoms with Gasteiger partial charge in [-0.2, -0.15) is 0 Å². The van der Waals surface area contributed by atoms with Gasteiger partial charge in [-0.15, -0.1) is 0 Å². The first kappa shape index (κ1) is 16.5. The van der Waals surface area contributed by atoms with Crippen molar-refractivity contribution in [2.75, 3.05) is 0 Å². The third-order valence-corrected chi connectivity index (χ3v) is 4.61. The van der Waals surface area contributed by atoms with Gasteiger partial charge in [0, 0.05) is 0 Å². The predicted octanol–water partition coefficient (Wildman–Crippen LogP) is 2.20. The molecular formula is C18H22N2O4. The summed E-state index contributed by atoms with van der Waals surface area (Å²) in [4.78, 5) is 36.4. The minimum Gasteiger partial charge on any atom is -0.462 e. The molecule has 0 aliphatic heterocycles. The number of aromatic nitrogens is 2. The van der Waals surface area contributed by atoms with Crippen LogP contribution < -0.4 is 11.1 Å². The summed E-state index contributed by atoms with van der Waals surface area (Å²) in [6.07, 6.45) is 4.12. The van der Waals surface area contributed by atoms with Crippen LogP contribution in [-0.2, 0) is 16.1 Å². The summed E-state index contributed by atoms with van der Waals surface area (Å²) in [6, 6.07) is 6.65. The van der Waals surface area contributed by atoms with E-state index in [1.165, 1.54) is 11.1 Å². The van der Waals surface area contributed by atoms with Crippen LogP contribution in [0.5, 0.6) is 0 Å². The highest BCUT2D eigenvalue weighted by Crippen LogP contribution is 2.25. The Labute approximate surface area is 139 Å². The molecule has 1 aliphatic rings. The Bertz CT molecular complexity index is 852. The molecule has 6 nitrogen and oxygen atoms in total. The number of aryl methyl sites for hydroxylation is 1. The fourth-order valence-electron chi connectivity index (χ4n) is 3.34. The van der Waals surface area contributed by atoms with Crippen molar-refractivity contribution >= 4 is 16.7 Å². The molecule has 1 fully saturated rings. The largest absolute Gasteiger partial charge is 0.462 e. The van der Waals surface area contributed by atoms with Crippen molar-refractivity contribution in [3.8, 4) is 0 Å². The fourth-order valence-corrected chi connectivity index (χ4v) is 3.34. The zero-order chi connectivity index (χ0) is 17.1. The summed E-state index contributed by atoms with van der Waals surface area (Å²) in [5, 5.41) is 3.24. The van der Waals surface area contributed by atoms with Crippen LogP contribution in [0.25, 0.3) is 10.8 Å². The number of H-pyrrole nitrogens is 1. The van der Waals surface area contributed by atoms with E-state index in [1.54, 1.807) is 24.3 Å². The maximum atomic E-state index is 12.4. The molecule has 0 amide bonds. The van der Waals surface area contributed by atoms with Crippen molar-refractivity contribution in [3.63, 3.8) is 0 Å². The third kappa shape index (κ3) is 3.58. The SMILES string of the molecule is CC1CCCC(OC(=O)CCn2[nH]c(=O)c3ccccc3c2=O)C1. The van der Waals surface area contributed by atoms with Crippen LogP contribution in [-0.4, -0.2) is 21.9 Å². The molecule has 1 N–H and O–H groups in total. The molecule has 1 aromatic heterocycles. The van der Waals surface area contributed by atoms with Gasteiger partial charge in [-0.3, -0.25) is 19.5 Å². The molecule has 24 heavy (non-hydrogen) atoms. The highest BCUT2D eigenvalue weighted by atomic mass is 16.5. The number of nitrogens with one attached hydrogen (secondary N) is 1. The normalized spacial score (nSPS) is 20.9. The smallest absolute Gasteiger partial charge is 0.307 e. The van der Waals surface area contributed by atoms with Gasteiger partial charge in [0.1, 0.15) is 6.10 Å². The van der Waals surface area contributed by atoms with Crippen molar-refractivity contribution in [2.45, 2.75) is 51.7 Å². The van der Waals surface area contributed by atoms with Crippen LogP contribution >= 0.6 is 0 Å². The van der Waals surface area contributed by atoms with E-state index < -0.39 is 0 Å². The molecule has 0 spiro atoms. The van der Waals surface area contributed by atoms with E-state index in [1.807, 2.05) is 0 Å². The van der Waals surface area contributed by atoms with E-state index >= 15 is 0 Å². The fraction of sp³-hybridized carbons (Fsp3) is 0.500. The molecule has 6 heteroatoms. The molecule has 1 heterocycles. The van der Waals surface area contributed by atoms with Gasteiger partial charge in [0.05, 0.1) is 23.7 Å². The monoisotopic (exact) mass is 330 g/mol. The summed E-state index contributed by atoms with van der Waals surface area (Å²) >= 11 is 0. The van der Waals surface area contributed by atoms with E-state index in [-0.39, 0.29) is 36.2 Å². The Morgan fingerprint density at radius 1 is 1.25 bits per heavy atom. The van der Waals surface area contributed by atoms with Crippen LogP contribution in [0.2, 0.25) is 0 Å². The predicted molar refractivity (Wildman–Crippen MR) is 91.0 cm³/mol. The Hall–Kier alpha value is -2.37. The number of fused-ring (bicyclic) bond motifs is 1. The number of rotatable bonds is 4. The van der Waals surface area contributed by atoms with Crippen molar-refractivity contribution in [1.82, 2.24) is 9.78 Å². The number of hydrogen-bond donors (Lipinski definition) is 1. The summed E-state index contributed by atoms with van der Waals surface area (Å²) in [6.45, 7) is 2.28. The Balaban J connectivity index is 1.67. The number of esters is 1. The molecule has 1 aromatic carbocycles.